The first kappa shape index (κ1) is 35.7. The van der Waals surface area contributed by atoms with Crippen LogP contribution in [0, 0.1) is 5.92 Å². The predicted molar refractivity (Wildman–Crippen MR) is 251 cm³/mol. The number of para-hydroxylation sites is 1. The second-order valence-electron chi connectivity index (χ2n) is 15.4. The summed E-state index contributed by atoms with van der Waals surface area (Å²) in [7, 11) is 0. The number of hydrogen-bond acceptors (Lipinski definition) is 5. The Hall–Kier alpha value is -7.41. The Balaban J connectivity index is 1.09. The van der Waals surface area contributed by atoms with Gasteiger partial charge in [-0.05, 0) is 84.1 Å². The van der Waals surface area contributed by atoms with Crippen molar-refractivity contribution in [2.45, 2.75) is 13.3 Å². The Labute approximate surface area is 352 Å². The van der Waals surface area contributed by atoms with E-state index in [1.807, 2.05) is 18.2 Å². The molecule has 3 aromatic heterocycles. The first-order valence-corrected chi connectivity index (χ1v) is 21.2. The maximum atomic E-state index is 5.30. The van der Waals surface area contributed by atoms with Crippen molar-refractivity contribution in [3.8, 4) is 50.2 Å². The molecular formula is C54H39N5S. The van der Waals surface area contributed by atoms with Gasteiger partial charge in [0.25, 0.3) is 0 Å². The highest BCUT2D eigenvalue weighted by molar-refractivity contribution is 7.21. The van der Waals surface area contributed by atoms with Crippen molar-refractivity contribution in [2.75, 3.05) is 4.90 Å². The van der Waals surface area contributed by atoms with Crippen LogP contribution >= 0.6 is 11.3 Å². The summed E-state index contributed by atoms with van der Waals surface area (Å²) in [6.45, 7) is 2.28. The number of fused-ring (bicyclic) bond motifs is 4. The molecule has 0 amide bonds. The van der Waals surface area contributed by atoms with Gasteiger partial charge in [-0.15, -0.1) is 11.3 Å². The highest BCUT2D eigenvalue weighted by Crippen LogP contribution is 2.41. The number of nitrogens with zero attached hydrogens (tertiary/aromatic N) is 5. The van der Waals surface area contributed by atoms with Gasteiger partial charge >= 0.3 is 0 Å². The Kier molecular flexibility index (Phi) is 8.98. The molecule has 1 atom stereocenters. The Morgan fingerprint density at radius 2 is 1.12 bits per heavy atom. The number of benzene rings is 7. The van der Waals surface area contributed by atoms with E-state index < -0.39 is 0 Å². The van der Waals surface area contributed by atoms with Crippen molar-refractivity contribution in [2.24, 2.45) is 5.92 Å². The van der Waals surface area contributed by atoms with Gasteiger partial charge in [-0.25, -0.2) is 15.0 Å². The van der Waals surface area contributed by atoms with E-state index in [2.05, 4.69) is 198 Å². The summed E-state index contributed by atoms with van der Waals surface area (Å²) in [6, 6.07) is 64.2. The van der Waals surface area contributed by atoms with Crippen LogP contribution in [0.1, 0.15) is 13.3 Å². The smallest absolute Gasteiger partial charge is 0.235 e. The summed E-state index contributed by atoms with van der Waals surface area (Å²) in [5.41, 5.74) is 13.7. The average molecular weight is 790 g/mol. The molecule has 0 aliphatic heterocycles. The molecule has 0 saturated carbocycles. The molecule has 11 rings (SSSR count). The minimum atomic E-state index is 0.483. The number of allylic oxidation sites excluding steroid dienone is 3. The minimum absolute atomic E-state index is 0.483. The van der Waals surface area contributed by atoms with E-state index in [1.54, 1.807) is 11.3 Å². The summed E-state index contributed by atoms with van der Waals surface area (Å²) < 4.78 is 3.36. The molecule has 10 aromatic rings. The number of thiazole rings is 1. The van der Waals surface area contributed by atoms with Gasteiger partial charge in [0, 0.05) is 44.5 Å². The van der Waals surface area contributed by atoms with Crippen LogP contribution in [0.2, 0.25) is 0 Å². The molecule has 286 valence electrons. The van der Waals surface area contributed by atoms with Gasteiger partial charge in [-0.2, -0.15) is 0 Å². The van der Waals surface area contributed by atoms with E-state index in [0.29, 0.717) is 11.9 Å². The van der Waals surface area contributed by atoms with E-state index in [9.17, 15) is 0 Å². The van der Waals surface area contributed by atoms with E-state index in [0.717, 1.165) is 94.0 Å². The van der Waals surface area contributed by atoms with Crippen LogP contribution in [0.3, 0.4) is 0 Å². The van der Waals surface area contributed by atoms with Crippen LogP contribution in [0.4, 0.5) is 11.4 Å². The maximum Gasteiger partial charge on any atom is 0.235 e. The first-order chi connectivity index (χ1) is 29.6. The lowest BCUT2D eigenvalue weighted by Crippen LogP contribution is -2.17. The van der Waals surface area contributed by atoms with Crippen molar-refractivity contribution < 1.29 is 0 Å². The quantitative estimate of drug-likeness (QED) is 0.154. The van der Waals surface area contributed by atoms with Crippen molar-refractivity contribution in [3.63, 3.8) is 0 Å². The fourth-order valence-corrected chi connectivity index (χ4v) is 9.37. The normalized spacial score (nSPS) is 13.9. The highest BCUT2D eigenvalue weighted by atomic mass is 32.1. The molecule has 0 spiro atoms. The third kappa shape index (κ3) is 6.57. The number of hydrogen-bond donors (Lipinski definition) is 0. The lowest BCUT2D eigenvalue weighted by atomic mass is 9.99. The van der Waals surface area contributed by atoms with Gasteiger partial charge in [0.1, 0.15) is 5.01 Å². The van der Waals surface area contributed by atoms with E-state index in [4.69, 9.17) is 15.0 Å². The molecule has 1 unspecified atom stereocenters. The van der Waals surface area contributed by atoms with E-state index in [-0.39, 0.29) is 0 Å². The number of rotatable bonds is 8. The van der Waals surface area contributed by atoms with Crippen molar-refractivity contribution in [1.82, 2.24) is 19.5 Å². The molecule has 1 aliphatic carbocycles. The van der Waals surface area contributed by atoms with Crippen LogP contribution < -0.4 is 4.90 Å². The Morgan fingerprint density at radius 1 is 0.533 bits per heavy atom. The molecule has 0 bridgehead atoms. The average Bonchev–Trinajstić information content (AvgIpc) is 3.88. The molecule has 0 N–H and O–H groups in total. The number of anilines is 2. The topological polar surface area (TPSA) is 46.8 Å². The SMILES string of the molecule is CC1C=C(N(c2ccccc2)c2ccc(-c3ccc4c(c3)c3cc5sc(-c6ccccc6)nc5cc3n4-c3nc(-c4ccccc4)cc(-c4ccccc4)n3)cc2)C=CC1. The molecule has 3 heterocycles. The zero-order valence-electron chi connectivity index (χ0n) is 33.0. The predicted octanol–water partition coefficient (Wildman–Crippen LogP) is 14.5. The standard InChI is InChI=1S/C54H39N5S/c1-36-15-14-24-44(31-36)58(42-22-12-5-13-23-42)43-28-25-37(26-29-43)41-27-30-50-45(32-41)46-33-52-49(55-53(60-52)40-20-10-4-11-21-40)35-51(46)59(50)54-56-47(38-16-6-2-7-17-38)34-48(57-54)39-18-8-3-9-19-39/h2-14,16-36H,15H2,1H3. The van der Waals surface area contributed by atoms with Crippen molar-refractivity contribution in [3.05, 3.63) is 206 Å². The minimum Gasteiger partial charge on any atom is -0.311 e. The second kappa shape index (κ2) is 15.1. The molecule has 6 heteroatoms. The first-order valence-electron chi connectivity index (χ1n) is 20.4. The maximum absolute atomic E-state index is 5.30. The third-order valence-corrected chi connectivity index (χ3v) is 12.4. The molecule has 5 nitrogen and oxygen atoms in total. The van der Waals surface area contributed by atoms with Gasteiger partial charge in [-0.1, -0.05) is 146 Å². The molecular weight excluding hydrogens is 751 g/mol. The van der Waals surface area contributed by atoms with E-state index in [1.165, 1.54) is 5.70 Å². The zero-order valence-corrected chi connectivity index (χ0v) is 33.8. The van der Waals surface area contributed by atoms with Crippen LogP contribution in [-0.4, -0.2) is 19.5 Å². The molecule has 60 heavy (non-hydrogen) atoms. The number of aromatic nitrogens is 4. The molecule has 1 aliphatic rings. The molecule has 7 aromatic carbocycles. The summed E-state index contributed by atoms with van der Waals surface area (Å²) >= 11 is 1.73. The van der Waals surface area contributed by atoms with Crippen molar-refractivity contribution >= 4 is 54.7 Å². The van der Waals surface area contributed by atoms with Crippen LogP contribution in [0.5, 0.6) is 0 Å². The van der Waals surface area contributed by atoms with Gasteiger partial charge in [-0.3, -0.25) is 4.57 Å². The summed E-state index contributed by atoms with van der Waals surface area (Å²) in [6.07, 6.45) is 7.96. The fraction of sp³-hybridized carbons (Fsp3) is 0.0556. The molecule has 0 saturated heterocycles. The van der Waals surface area contributed by atoms with E-state index >= 15 is 0 Å². The second-order valence-corrected chi connectivity index (χ2v) is 16.4. The van der Waals surface area contributed by atoms with Crippen molar-refractivity contribution in [1.29, 1.82) is 0 Å². The van der Waals surface area contributed by atoms with Crippen LogP contribution in [0.25, 0.3) is 82.2 Å². The van der Waals surface area contributed by atoms with Gasteiger partial charge in [0.2, 0.25) is 5.95 Å². The lowest BCUT2D eigenvalue weighted by molar-refractivity contribution is 0.726. The summed E-state index contributed by atoms with van der Waals surface area (Å²) in [5.74, 6) is 1.10. The van der Waals surface area contributed by atoms with Gasteiger partial charge < -0.3 is 4.90 Å². The Bertz CT molecular complexity index is 3170. The summed E-state index contributed by atoms with van der Waals surface area (Å²) in [5, 5.41) is 3.27. The van der Waals surface area contributed by atoms with Crippen LogP contribution in [0.15, 0.2) is 206 Å². The van der Waals surface area contributed by atoms with Crippen LogP contribution in [-0.2, 0) is 0 Å². The highest BCUT2D eigenvalue weighted by Gasteiger charge is 2.21. The third-order valence-electron chi connectivity index (χ3n) is 11.3. The fourth-order valence-electron chi connectivity index (χ4n) is 8.38. The van der Waals surface area contributed by atoms with Gasteiger partial charge in [0.15, 0.2) is 0 Å². The molecule has 0 radical (unpaired) electrons. The summed E-state index contributed by atoms with van der Waals surface area (Å²) in [4.78, 5) is 18.1. The monoisotopic (exact) mass is 789 g/mol. The zero-order chi connectivity index (χ0) is 40.0. The Morgan fingerprint density at radius 3 is 1.77 bits per heavy atom. The lowest BCUT2D eigenvalue weighted by Gasteiger charge is -2.29. The van der Waals surface area contributed by atoms with Gasteiger partial charge in [0.05, 0.1) is 32.6 Å². The molecule has 0 fully saturated rings. The largest absolute Gasteiger partial charge is 0.311 e.